The fourth-order valence-corrected chi connectivity index (χ4v) is 2.44. The molecular weight excluding hydrogens is 296 g/mol. The summed E-state index contributed by atoms with van der Waals surface area (Å²) in [5.74, 6) is 1.47. The van der Waals surface area contributed by atoms with Crippen LogP contribution in [0, 0.1) is 0 Å². The predicted octanol–water partition coefficient (Wildman–Crippen LogP) is 1.84. The fraction of sp³-hybridized carbons (Fsp3) is 0.375. The van der Waals surface area contributed by atoms with Crippen LogP contribution in [0.5, 0.6) is 11.5 Å². The smallest absolute Gasteiger partial charge is 0.317 e. The van der Waals surface area contributed by atoms with Gasteiger partial charge < -0.3 is 19.7 Å². The van der Waals surface area contributed by atoms with Crippen LogP contribution >= 0.6 is 0 Å². The SMILES string of the molecule is C[C@H](Cn1cccn1)NC(=O)N(C)Cc1ccc2c(c1)OCO2. The molecule has 0 fully saturated rings. The van der Waals surface area contributed by atoms with Crippen molar-refractivity contribution in [2.24, 2.45) is 0 Å². The number of carbonyl (C=O) groups excluding carboxylic acids is 1. The molecule has 2 amide bonds. The Hall–Kier alpha value is -2.70. The molecule has 23 heavy (non-hydrogen) atoms. The molecule has 1 aliphatic rings. The molecule has 0 saturated heterocycles. The molecule has 0 unspecified atom stereocenters. The van der Waals surface area contributed by atoms with Gasteiger partial charge in [-0.3, -0.25) is 4.68 Å². The van der Waals surface area contributed by atoms with E-state index in [4.69, 9.17) is 9.47 Å². The van der Waals surface area contributed by atoms with Gasteiger partial charge in [0.25, 0.3) is 0 Å². The van der Waals surface area contributed by atoms with Crippen LogP contribution in [0.25, 0.3) is 0 Å². The number of urea groups is 1. The van der Waals surface area contributed by atoms with Crippen LogP contribution < -0.4 is 14.8 Å². The second-order valence-electron chi connectivity index (χ2n) is 5.62. The highest BCUT2D eigenvalue weighted by Gasteiger charge is 2.16. The number of hydrogen-bond donors (Lipinski definition) is 1. The van der Waals surface area contributed by atoms with E-state index >= 15 is 0 Å². The average Bonchev–Trinajstić information content (AvgIpc) is 3.17. The first-order chi connectivity index (χ1) is 11.1. The van der Waals surface area contributed by atoms with Crippen molar-refractivity contribution in [3.8, 4) is 11.5 Å². The van der Waals surface area contributed by atoms with E-state index in [0.717, 1.165) is 17.1 Å². The molecule has 3 rings (SSSR count). The summed E-state index contributed by atoms with van der Waals surface area (Å²) in [6.07, 6.45) is 3.60. The number of nitrogens with one attached hydrogen (secondary N) is 1. The summed E-state index contributed by atoms with van der Waals surface area (Å²) in [5, 5.41) is 7.10. The molecule has 7 nitrogen and oxygen atoms in total. The lowest BCUT2D eigenvalue weighted by molar-refractivity contribution is 0.174. The highest BCUT2D eigenvalue weighted by atomic mass is 16.7. The van der Waals surface area contributed by atoms with Crippen LogP contribution in [0.4, 0.5) is 4.79 Å². The number of amides is 2. The lowest BCUT2D eigenvalue weighted by Crippen LogP contribution is -2.43. The molecule has 122 valence electrons. The molecule has 1 atom stereocenters. The van der Waals surface area contributed by atoms with Crippen LogP contribution in [0.3, 0.4) is 0 Å². The lowest BCUT2D eigenvalue weighted by Gasteiger charge is -2.21. The molecule has 2 heterocycles. The number of aromatic nitrogens is 2. The van der Waals surface area contributed by atoms with E-state index < -0.39 is 0 Å². The minimum atomic E-state index is -0.123. The van der Waals surface area contributed by atoms with Crippen molar-refractivity contribution in [3.63, 3.8) is 0 Å². The van der Waals surface area contributed by atoms with Gasteiger partial charge in [-0.1, -0.05) is 6.07 Å². The molecule has 1 aliphatic heterocycles. The summed E-state index contributed by atoms with van der Waals surface area (Å²) in [7, 11) is 1.76. The molecule has 0 spiro atoms. The van der Waals surface area contributed by atoms with E-state index in [0.29, 0.717) is 13.1 Å². The summed E-state index contributed by atoms with van der Waals surface area (Å²) in [5.41, 5.74) is 0.992. The van der Waals surface area contributed by atoms with Crippen molar-refractivity contribution < 1.29 is 14.3 Å². The van der Waals surface area contributed by atoms with Crippen LogP contribution in [0.15, 0.2) is 36.7 Å². The molecule has 7 heteroatoms. The zero-order valence-corrected chi connectivity index (χ0v) is 13.2. The summed E-state index contributed by atoms with van der Waals surface area (Å²) in [4.78, 5) is 13.9. The Kier molecular flexibility index (Phi) is 4.36. The second kappa shape index (κ2) is 6.60. The van der Waals surface area contributed by atoms with Crippen molar-refractivity contribution in [2.45, 2.75) is 26.1 Å². The van der Waals surface area contributed by atoms with Crippen molar-refractivity contribution in [1.82, 2.24) is 20.0 Å². The maximum Gasteiger partial charge on any atom is 0.317 e. The predicted molar refractivity (Wildman–Crippen MR) is 84.3 cm³/mol. The molecule has 0 saturated carbocycles. The second-order valence-corrected chi connectivity index (χ2v) is 5.62. The summed E-state index contributed by atoms with van der Waals surface area (Å²) < 4.78 is 12.4. The summed E-state index contributed by atoms with van der Waals surface area (Å²) >= 11 is 0. The number of fused-ring (bicyclic) bond motifs is 1. The van der Waals surface area contributed by atoms with Crippen molar-refractivity contribution in [3.05, 3.63) is 42.2 Å². The highest BCUT2D eigenvalue weighted by molar-refractivity contribution is 5.74. The minimum Gasteiger partial charge on any atom is -0.454 e. The first-order valence-electron chi connectivity index (χ1n) is 7.49. The zero-order valence-electron chi connectivity index (χ0n) is 13.2. The van der Waals surface area contributed by atoms with E-state index in [2.05, 4.69) is 10.4 Å². The third kappa shape index (κ3) is 3.74. The van der Waals surface area contributed by atoms with E-state index in [1.165, 1.54) is 0 Å². The van der Waals surface area contributed by atoms with Crippen LogP contribution in [-0.4, -0.2) is 40.6 Å². The number of hydrogen-bond acceptors (Lipinski definition) is 4. The minimum absolute atomic E-state index is 0.0124. The van der Waals surface area contributed by atoms with Crippen molar-refractivity contribution in [2.75, 3.05) is 13.8 Å². The highest BCUT2D eigenvalue weighted by Crippen LogP contribution is 2.32. The lowest BCUT2D eigenvalue weighted by atomic mass is 10.2. The first kappa shape index (κ1) is 15.2. The van der Waals surface area contributed by atoms with Gasteiger partial charge in [0.1, 0.15) is 0 Å². The Morgan fingerprint density at radius 1 is 1.43 bits per heavy atom. The van der Waals surface area contributed by atoms with Crippen molar-refractivity contribution >= 4 is 6.03 Å². The van der Waals surface area contributed by atoms with Gasteiger partial charge in [-0.15, -0.1) is 0 Å². The Morgan fingerprint density at radius 3 is 3.04 bits per heavy atom. The standard InChI is InChI=1S/C16H20N4O3/c1-12(9-20-7-3-6-17-20)18-16(21)19(2)10-13-4-5-14-15(8-13)23-11-22-14/h3-8,12H,9-11H2,1-2H3,(H,18,21)/t12-/m1/s1. The first-order valence-corrected chi connectivity index (χ1v) is 7.49. The van der Waals surface area contributed by atoms with Crippen LogP contribution in [0.1, 0.15) is 12.5 Å². The molecule has 1 N–H and O–H groups in total. The number of ether oxygens (including phenoxy) is 2. The van der Waals surface area contributed by atoms with E-state index in [1.54, 1.807) is 22.8 Å². The summed E-state index contributed by atoms with van der Waals surface area (Å²) in [6, 6.07) is 7.43. The monoisotopic (exact) mass is 316 g/mol. The van der Waals surface area contributed by atoms with Gasteiger partial charge in [-0.05, 0) is 30.7 Å². The van der Waals surface area contributed by atoms with E-state index in [1.807, 2.05) is 37.4 Å². The molecule has 0 aliphatic carbocycles. The normalized spacial score (nSPS) is 13.7. The van der Waals surface area contributed by atoms with Crippen LogP contribution in [-0.2, 0) is 13.1 Å². The molecule has 0 bridgehead atoms. The molecule has 1 aromatic carbocycles. The number of rotatable bonds is 5. The van der Waals surface area contributed by atoms with Gasteiger partial charge in [0, 0.05) is 32.0 Å². The fourth-order valence-electron chi connectivity index (χ4n) is 2.44. The van der Waals surface area contributed by atoms with Gasteiger partial charge in [-0.2, -0.15) is 5.10 Å². The van der Waals surface area contributed by atoms with Gasteiger partial charge in [0.05, 0.1) is 6.54 Å². The third-order valence-corrected chi connectivity index (χ3v) is 3.59. The van der Waals surface area contributed by atoms with Gasteiger partial charge in [0.15, 0.2) is 11.5 Å². The molecule has 1 aromatic heterocycles. The summed E-state index contributed by atoms with van der Waals surface area (Å²) in [6.45, 7) is 3.33. The molecular formula is C16H20N4O3. The Bertz CT molecular complexity index is 672. The number of carbonyl (C=O) groups is 1. The van der Waals surface area contributed by atoms with Gasteiger partial charge in [0.2, 0.25) is 6.79 Å². The maximum atomic E-state index is 12.2. The number of benzene rings is 1. The largest absolute Gasteiger partial charge is 0.454 e. The Balaban J connectivity index is 1.53. The Labute approximate surface area is 134 Å². The van der Waals surface area contributed by atoms with Gasteiger partial charge in [-0.25, -0.2) is 4.79 Å². The maximum absolute atomic E-state index is 12.2. The van der Waals surface area contributed by atoms with E-state index in [-0.39, 0.29) is 18.9 Å². The quantitative estimate of drug-likeness (QED) is 0.914. The Morgan fingerprint density at radius 2 is 2.26 bits per heavy atom. The molecule has 0 radical (unpaired) electrons. The average molecular weight is 316 g/mol. The van der Waals surface area contributed by atoms with Gasteiger partial charge >= 0.3 is 6.03 Å². The van der Waals surface area contributed by atoms with Crippen LogP contribution in [0.2, 0.25) is 0 Å². The number of nitrogens with zero attached hydrogens (tertiary/aromatic N) is 3. The third-order valence-electron chi connectivity index (χ3n) is 3.59. The topological polar surface area (TPSA) is 68.6 Å². The zero-order chi connectivity index (χ0) is 16.2. The van der Waals surface area contributed by atoms with E-state index in [9.17, 15) is 4.79 Å². The molecule has 2 aromatic rings. The van der Waals surface area contributed by atoms with Crippen molar-refractivity contribution in [1.29, 1.82) is 0 Å².